The summed E-state index contributed by atoms with van der Waals surface area (Å²) in [5.74, 6) is 0. The van der Waals surface area contributed by atoms with E-state index in [1.165, 1.54) is 0 Å². The Morgan fingerprint density at radius 2 is 1.00 bits per heavy atom. The van der Waals surface area contributed by atoms with Crippen molar-refractivity contribution in [3.8, 4) is 0 Å². The summed E-state index contributed by atoms with van der Waals surface area (Å²) in [5, 5.41) is 12.0. The summed E-state index contributed by atoms with van der Waals surface area (Å²) in [4.78, 5) is 0. The van der Waals surface area contributed by atoms with Gasteiger partial charge >= 0.3 is 18.9 Å². The Balaban J connectivity index is -0.00000000500. The van der Waals surface area contributed by atoms with E-state index in [-0.39, 0.29) is 35.4 Å². The molecule has 0 radical (unpaired) electrons. The third-order valence-electron chi connectivity index (χ3n) is 0. The van der Waals surface area contributed by atoms with Crippen molar-refractivity contribution >= 4 is 18.9 Å². The molecule has 26 valence electrons. The van der Waals surface area contributed by atoms with Gasteiger partial charge in [0.2, 0.25) is 0 Å². The Labute approximate surface area is 46.2 Å². The van der Waals surface area contributed by atoms with Crippen LogP contribution in [0.5, 0.6) is 0 Å². The molecule has 0 fully saturated rings. The van der Waals surface area contributed by atoms with Gasteiger partial charge in [-0.3, -0.25) is 10.5 Å². The van der Waals surface area contributed by atoms with E-state index in [0.29, 0.717) is 0 Å². The molecule has 0 saturated carbocycles. The van der Waals surface area contributed by atoms with Crippen LogP contribution in [0, 0.1) is 0 Å². The van der Waals surface area contributed by atoms with E-state index in [2.05, 4.69) is 0 Å². The van der Waals surface area contributed by atoms with Crippen molar-refractivity contribution < 1.29 is 27.0 Å². The van der Waals surface area contributed by atoms with Crippen molar-refractivity contribution in [2.45, 2.75) is 0 Å². The van der Waals surface area contributed by atoms with Crippen LogP contribution < -0.4 is 0 Å². The number of hydrogen-bond acceptors (Lipinski definition) is 2. The summed E-state index contributed by atoms with van der Waals surface area (Å²) in [6.45, 7) is 0. The first kappa shape index (κ1) is 19.9. The molecule has 0 aliphatic heterocycles. The minimum absolute atomic E-state index is 0. The zero-order chi connectivity index (χ0) is 2.00. The summed E-state index contributed by atoms with van der Waals surface area (Å²) in [6, 6.07) is 0. The maximum Gasteiger partial charge on any atom is 0 e. The van der Waals surface area contributed by atoms with Crippen molar-refractivity contribution in [2.75, 3.05) is 0 Å². The summed E-state index contributed by atoms with van der Waals surface area (Å²) < 4.78 is 0. The van der Waals surface area contributed by atoms with Gasteiger partial charge in [-0.15, -0.1) is 0 Å². The minimum atomic E-state index is 0. The number of hydrogen-bond donors (Lipinski definition) is 2. The summed E-state index contributed by atoms with van der Waals surface area (Å²) in [7, 11) is 0. The van der Waals surface area contributed by atoms with Crippen molar-refractivity contribution in [1.82, 2.24) is 0 Å². The van der Waals surface area contributed by atoms with E-state index in [9.17, 15) is 0 Å². The molecular formula is H3LiNiO2. The van der Waals surface area contributed by atoms with Gasteiger partial charge in [0.25, 0.3) is 0 Å². The predicted molar refractivity (Wildman–Crippen MR) is 12.4 cm³/mol. The van der Waals surface area contributed by atoms with Crippen molar-refractivity contribution in [3.63, 3.8) is 0 Å². The van der Waals surface area contributed by atoms with Crippen LogP contribution in [0.15, 0.2) is 0 Å². The van der Waals surface area contributed by atoms with Gasteiger partial charge in [-0.25, -0.2) is 0 Å². The largest absolute Gasteiger partial charge is 0 e. The van der Waals surface area contributed by atoms with Crippen LogP contribution in [-0.2, 0) is 16.5 Å². The molecule has 0 unspecified atom stereocenters. The van der Waals surface area contributed by atoms with E-state index in [1.54, 1.807) is 0 Å². The van der Waals surface area contributed by atoms with Crippen LogP contribution in [0.25, 0.3) is 0 Å². The van der Waals surface area contributed by atoms with Crippen LogP contribution in [0.1, 0.15) is 0 Å². The summed E-state index contributed by atoms with van der Waals surface area (Å²) in [6.07, 6.45) is 0. The Bertz CT molecular complexity index is 6.00. The van der Waals surface area contributed by atoms with Crippen LogP contribution in [0.2, 0.25) is 0 Å². The van der Waals surface area contributed by atoms with Gasteiger partial charge in [-0.1, -0.05) is 0 Å². The Kier molecular flexibility index (Phi) is 177. The van der Waals surface area contributed by atoms with Gasteiger partial charge in [-0.05, 0) is 0 Å². The molecule has 2 nitrogen and oxygen atoms in total. The predicted octanol–water partition coefficient (Wildman–Crippen LogP) is -0.634. The van der Waals surface area contributed by atoms with Gasteiger partial charge in [0.15, 0.2) is 0 Å². The second-order valence-corrected chi connectivity index (χ2v) is 0. The second-order valence-electron chi connectivity index (χ2n) is 0. The van der Waals surface area contributed by atoms with E-state index in [0.717, 1.165) is 0 Å². The fraction of sp³-hybridized carbons (Fsp3) is 0. The molecule has 0 aromatic carbocycles. The summed E-state index contributed by atoms with van der Waals surface area (Å²) >= 11 is 0. The van der Waals surface area contributed by atoms with Gasteiger partial charge in [0.05, 0.1) is 0 Å². The molecule has 0 bridgehead atoms. The second kappa shape index (κ2) is 35.6. The van der Waals surface area contributed by atoms with Crippen LogP contribution >= 0.6 is 0 Å². The molecule has 4 heavy (non-hydrogen) atoms. The van der Waals surface area contributed by atoms with Gasteiger partial charge < -0.3 is 0 Å². The fourth-order valence-corrected chi connectivity index (χ4v) is 0. The molecule has 0 amide bonds. The smallest absolute Gasteiger partial charge is 0 e. The molecule has 0 aliphatic rings. The number of rotatable bonds is 0. The maximum absolute atomic E-state index is 6.00. The molecule has 0 aliphatic carbocycles. The quantitative estimate of drug-likeness (QED) is 0.242. The third-order valence-corrected chi connectivity index (χ3v) is 0. The normalized spacial score (nSPS) is 1.50. The SMILES string of the molecule is OO.[LiH].[Ni]. The summed E-state index contributed by atoms with van der Waals surface area (Å²) in [5.41, 5.74) is 0. The van der Waals surface area contributed by atoms with Gasteiger partial charge in [0.1, 0.15) is 0 Å². The molecule has 0 saturated heterocycles. The van der Waals surface area contributed by atoms with Gasteiger partial charge in [-0.2, -0.15) is 0 Å². The fourth-order valence-electron chi connectivity index (χ4n) is 0. The van der Waals surface area contributed by atoms with E-state index in [4.69, 9.17) is 10.5 Å². The van der Waals surface area contributed by atoms with Crippen molar-refractivity contribution in [1.29, 1.82) is 0 Å². The monoisotopic (exact) mass is 100.0 g/mol. The molecule has 0 aromatic heterocycles. The molecular weight excluding hydrogens is 97.6 g/mol. The molecule has 0 heterocycles. The molecule has 2 N–H and O–H groups in total. The average molecular weight is 101 g/mol. The first-order chi connectivity index (χ1) is 1.00. The standard InChI is InChI=1S/Li.Ni.H2O2.H/c;;1-2;/h;;1-2H;. The third kappa shape index (κ3) is 11.9. The molecule has 0 spiro atoms. The molecule has 0 atom stereocenters. The first-order valence-corrected chi connectivity index (χ1v) is 0.200. The van der Waals surface area contributed by atoms with Crippen molar-refractivity contribution in [2.24, 2.45) is 0 Å². The Hall–Kier alpha value is 1.01. The van der Waals surface area contributed by atoms with Crippen molar-refractivity contribution in [3.05, 3.63) is 0 Å². The first-order valence-electron chi connectivity index (χ1n) is 0.200. The zero-order valence-electron chi connectivity index (χ0n) is 1.21. The Morgan fingerprint density at radius 1 is 1.00 bits per heavy atom. The minimum Gasteiger partial charge on any atom is 0 e. The van der Waals surface area contributed by atoms with Crippen LogP contribution in [0.4, 0.5) is 0 Å². The zero-order valence-corrected chi connectivity index (χ0v) is 2.20. The van der Waals surface area contributed by atoms with E-state index >= 15 is 0 Å². The Morgan fingerprint density at radius 3 is 1.00 bits per heavy atom. The van der Waals surface area contributed by atoms with Crippen LogP contribution in [-0.4, -0.2) is 29.4 Å². The van der Waals surface area contributed by atoms with E-state index in [1.807, 2.05) is 0 Å². The van der Waals surface area contributed by atoms with Crippen LogP contribution in [0.3, 0.4) is 0 Å². The van der Waals surface area contributed by atoms with Gasteiger partial charge in [0, 0.05) is 16.5 Å². The molecule has 0 rings (SSSR count). The maximum atomic E-state index is 6.00. The topological polar surface area (TPSA) is 40.5 Å². The molecule has 4 heteroatoms. The van der Waals surface area contributed by atoms with E-state index < -0.39 is 0 Å². The molecule has 0 aromatic rings. The average Bonchev–Trinajstić information content (AvgIpc) is 1.00.